The van der Waals surface area contributed by atoms with Gasteiger partial charge in [0.2, 0.25) is 5.91 Å². The van der Waals surface area contributed by atoms with Gasteiger partial charge in [0.25, 0.3) is 0 Å². The fourth-order valence-corrected chi connectivity index (χ4v) is 3.41. The summed E-state index contributed by atoms with van der Waals surface area (Å²) in [5.74, 6) is 0.196. The van der Waals surface area contributed by atoms with Gasteiger partial charge in [-0.15, -0.1) is 0 Å². The highest BCUT2D eigenvalue weighted by atomic mass is 19.1. The quantitative estimate of drug-likeness (QED) is 0.778. The lowest BCUT2D eigenvalue weighted by atomic mass is 9.92. The average molecular weight is 400 g/mol. The van der Waals surface area contributed by atoms with E-state index in [4.69, 9.17) is 4.74 Å². The molecule has 1 amide bonds. The molecule has 3 rings (SSSR count). The number of carbonyl (C=O) groups is 1. The number of benzene rings is 2. The molecule has 1 fully saturated rings. The fraction of sp³-hybridized carbons (Fsp3) is 0.435. The topological polar surface area (TPSA) is 61.8 Å². The van der Waals surface area contributed by atoms with Crippen LogP contribution in [0.2, 0.25) is 0 Å². The molecule has 1 aliphatic rings. The molecule has 2 N–H and O–H groups in total. The number of likely N-dealkylation sites (tertiary alicyclic amines) is 1. The number of carbonyl (C=O) groups excluding carboxylic acids is 1. The van der Waals surface area contributed by atoms with Gasteiger partial charge >= 0.3 is 0 Å². The number of hydrogen-bond acceptors (Lipinski definition) is 4. The van der Waals surface area contributed by atoms with Crippen molar-refractivity contribution in [2.45, 2.75) is 39.2 Å². The maximum Gasteiger partial charge on any atom is 0.238 e. The largest absolute Gasteiger partial charge is 0.491 e. The van der Waals surface area contributed by atoms with E-state index in [0.717, 1.165) is 16.9 Å². The SMILES string of the molecule is Cc1ccc(OCC2(O)CCN(CC(=O)Nc3cc(F)ccc3C)CC2)cc1C. The van der Waals surface area contributed by atoms with Gasteiger partial charge in [0.15, 0.2) is 0 Å². The third-order valence-corrected chi connectivity index (χ3v) is 5.61. The molecule has 0 bridgehead atoms. The number of halogens is 1. The van der Waals surface area contributed by atoms with Crippen LogP contribution in [0.4, 0.5) is 10.1 Å². The number of amides is 1. The molecule has 6 heteroatoms. The summed E-state index contributed by atoms with van der Waals surface area (Å²) in [4.78, 5) is 14.3. The number of piperidine rings is 1. The highest BCUT2D eigenvalue weighted by Crippen LogP contribution is 2.25. The Hall–Kier alpha value is -2.44. The molecule has 0 unspecified atom stereocenters. The van der Waals surface area contributed by atoms with Crippen molar-refractivity contribution in [3.05, 3.63) is 58.9 Å². The lowest BCUT2D eigenvalue weighted by Gasteiger charge is -2.37. The first-order valence-corrected chi connectivity index (χ1v) is 9.95. The van der Waals surface area contributed by atoms with Crippen molar-refractivity contribution in [3.8, 4) is 5.75 Å². The Balaban J connectivity index is 1.47. The number of hydrogen-bond donors (Lipinski definition) is 2. The number of anilines is 1. The van der Waals surface area contributed by atoms with Crippen LogP contribution in [0.1, 0.15) is 29.5 Å². The van der Waals surface area contributed by atoms with E-state index in [1.165, 1.54) is 17.7 Å². The minimum atomic E-state index is -0.898. The molecule has 0 aliphatic carbocycles. The van der Waals surface area contributed by atoms with Gasteiger partial charge < -0.3 is 15.2 Å². The van der Waals surface area contributed by atoms with Gasteiger partial charge in [0.1, 0.15) is 23.8 Å². The number of ether oxygens (including phenoxy) is 1. The summed E-state index contributed by atoms with van der Waals surface area (Å²) >= 11 is 0. The van der Waals surface area contributed by atoms with E-state index in [2.05, 4.69) is 5.32 Å². The lowest BCUT2D eigenvalue weighted by molar-refractivity contribution is -0.119. The summed E-state index contributed by atoms with van der Waals surface area (Å²) in [5, 5.41) is 13.6. The van der Waals surface area contributed by atoms with Crippen LogP contribution in [0.15, 0.2) is 36.4 Å². The van der Waals surface area contributed by atoms with Gasteiger partial charge in [-0.3, -0.25) is 9.69 Å². The molecule has 1 saturated heterocycles. The average Bonchev–Trinajstić information content (AvgIpc) is 2.68. The van der Waals surface area contributed by atoms with E-state index in [1.807, 2.05) is 43.9 Å². The van der Waals surface area contributed by atoms with Crippen LogP contribution in [0.25, 0.3) is 0 Å². The molecule has 2 aromatic carbocycles. The zero-order valence-corrected chi connectivity index (χ0v) is 17.3. The van der Waals surface area contributed by atoms with Crippen LogP contribution in [-0.4, -0.2) is 47.8 Å². The number of nitrogens with one attached hydrogen (secondary N) is 1. The maximum absolute atomic E-state index is 13.4. The Morgan fingerprint density at radius 2 is 1.79 bits per heavy atom. The second-order valence-electron chi connectivity index (χ2n) is 8.04. The van der Waals surface area contributed by atoms with E-state index >= 15 is 0 Å². The smallest absolute Gasteiger partial charge is 0.238 e. The van der Waals surface area contributed by atoms with E-state index in [1.54, 1.807) is 6.07 Å². The molecule has 156 valence electrons. The Kier molecular flexibility index (Phi) is 6.55. The van der Waals surface area contributed by atoms with Crippen LogP contribution in [0.5, 0.6) is 5.75 Å². The van der Waals surface area contributed by atoms with Crippen LogP contribution in [-0.2, 0) is 4.79 Å². The van der Waals surface area contributed by atoms with Crippen LogP contribution in [0.3, 0.4) is 0 Å². The van der Waals surface area contributed by atoms with E-state index in [-0.39, 0.29) is 24.9 Å². The predicted molar refractivity (Wildman–Crippen MR) is 112 cm³/mol. The molecule has 2 aromatic rings. The standard InChI is InChI=1S/C23H29FN2O3/c1-16-5-7-20(12-18(16)3)29-15-23(28)8-10-26(11-9-23)14-22(27)25-21-13-19(24)6-4-17(21)2/h4-7,12-13,28H,8-11,14-15H2,1-3H3,(H,25,27). The minimum Gasteiger partial charge on any atom is -0.491 e. The summed E-state index contributed by atoms with van der Waals surface area (Å²) in [5.41, 5.74) is 2.77. The van der Waals surface area contributed by atoms with Crippen molar-refractivity contribution in [1.82, 2.24) is 4.90 Å². The van der Waals surface area contributed by atoms with Gasteiger partial charge in [-0.1, -0.05) is 12.1 Å². The predicted octanol–water partition coefficient (Wildman–Crippen LogP) is 3.60. The summed E-state index contributed by atoms with van der Waals surface area (Å²) in [6.07, 6.45) is 1.06. The van der Waals surface area contributed by atoms with Crippen LogP contribution >= 0.6 is 0 Å². The molecule has 1 aliphatic heterocycles. The third kappa shape index (κ3) is 5.78. The highest BCUT2D eigenvalue weighted by Gasteiger charge is 2.33. The summed E-state index contributed by atoms with van der Waals surface area (Å²) in [6.45, 7) is 7.55. The van der Waals surface area contributed by atoms with Gasteiger partial charge in [-0.25, -0.2) is 4.39 Å². The Bertz CT molecular complexity index is 876. The third-order valence-electron chi connectivity index (χ3n) is 5.61. The first-order valence-electron chi connectivity index (χ1n) is 9.95. The lowest BCUT2D eigenvalue weighted by Crippen LogP contribution is -2.49. The Morgan fingerprint density at radius 1 is 1.10 bits per heavy atom. The zero-order valence-electron chi connectivity index (χ0n) is 17.3. The Labute approximate surface area is 171 Å². The molecule has 0 saturated carbocycles. The zero-order chi connectivity index (χ0) is 21.0. The van der Waals surface area contributed by atoms with E-state index in [9.17, 15) is 14.3 Å². The minimum absolute atomic E-state index is 0.185. The number of rotatable bonds is 6. The van der Waals surface area contributed by atoms with Crippen molar-refractivity contribution >= 4 is 11.6 Å². The van der Waals surface area contributed by atoms with Crippen molar-refractivity contribution in [2.24, 2.45) is 0 Å². The molecular formula is C23H29FN2O3. The van der Waals surface area contributed by atoms with E-state index in [0.29, 0.717) is 31.6 Å². The van der Waals surface area contributed by atoms with Crippen molar-refractivity contribution in [3.63, 3.8) is 0 Å². The van der Waals surface area contributed by atoms with Gasteiger partial charge in [0, 0.05) is 18.8 Å². The molecule has 0 spiro atoms. The van der Waals surface area contributed by atoms with Gasteiger partial charge in [-0.2, -0.15) is 0 Å². The Morgan fingerprint density at radius 3 is 2.48 bits per heavy atom. The molecule has 5 nitrogen and oxygen atoms in total. The normalized spacial score (nSPS) is 16.4. The van der Waals surface area contributed by atoms with Crippen molar-refractivity contribution in [1.29, 1.82) is 0 Å². The van der Waals surface area contributed by atoms with Crippen molar-refractivity contribution in [2.75, 3.05) is 31.6 Å². The molecule has 0 radical (unpaired) electrons. The molecular weight excluding hydrogens is 371 g/mol. The second kappa shape index (κ2) is 8.93. The van der Waals surface area contributed by atoms with E-state index < -0.39 is 5.60 Å². The highest BCUT2D eigenvalue weighted by molar-refractivity contribution is 5.92. The molecule has 0 atom stereocenters. The first kappa shape index (κ1) is 21.3. The maximum atomic E-state index is 13.4. The van der Waals surface area contributed by atoms with Gasteiger partial charge in [-0.05, 0) is 74.6 Å². The van der Waals surface area contributed by atoms with Gasteiger partial charge in [0.05, 0.1) is 6.54 Å². The first-order chi connectivity index (χ1) is 13.7. The monoisotopic (exact) mass is 400 g/mol. The summed E-state index contributed by atoms with van der Waals surface area (Å²) in [6, 6.07) is 10.2. The fourth-order valence-electron chi connectivity index (χ4n) is 3.41. The number of aliphatic hydroxyl groups is 1. The molecule has 1 heterocycles. The molecule has 29 heavy (non-hydrogen) atoms. The van der Waals surface area contributed by atoms with Crippen LogP contribution in [0, 0.1) is 26.6 Å². The number of aryl methyl sites for hydroxylation is 3. The second-order valence-corrected chi connectivity index (χ2v) is 8.04. The summed E-state index contributed by atoms with van der Waals surface area (Å²) in [7, 11) is 0. The number of nitrogens with zero attached hydrogens (tertiary/aromatic N) is 1. The van der Waals surface area contributed by atoms with Crippen LogP contribution < -0.4 is 10.1 Å². The molecule has 0 aromatic heterocycles. The summed E-state index contributed by atoms with van der Waals surface area (Å²) < 4.78 is 19.2. The van der Waals surface area contributed by atoms with Crippen molar-refractivity contribution < 1.29 is 19.0 Å².